The van der Waals surface area contributed by atoms with Crippen LogP contribution in [0.1, 0.15) is 24.0 Å². The van der Waals surface area contributed by atoms with Gasteiger partial charge in [0, 0.05) is 16.9 Å². The van der Waals surface area contributed by atoms with E-state index >= 15 is 0 Å². The van der Waals surface area contributed by atoms with E-state index in [1.165, 1.54) is 24.3 Å². The van der Waals surface area contributed by atoms with Crippen molar-refractivity contribution in [3.63, 3.8) is 0 Å². The number of hydrogen-bond acceptors (Lipinski definition) is 6. The molecule has 6 nitrogen and oxygen atoms in total. The fourth-order valence-corrected chi connectivity index (χ4v) is 4.46. The summed E-state index contributed by atoms with van der Waals surface area (Å²) in [5.74, 6) is -2.45. The average molecular weight is 478 g/mol. The standard InChI is InChI=1S/C26H24FN3O3S/c1-4-13-33-26(32)23-17(3)29-25(19(14-28)24(23)18-10-6-7-11-20(18)27)34-15-22(31)30-21-12-8-5-9-16(21)2/h4-12,24,29H,1,13,15H2,2-3H3,(H,30,31)/t24-/m1/s1. The van der Waals surface area contributed by atoms with Gasteiger partial charge in [-0.25, -0.2) is 9.18 Å². The van der Waals surface area contributed by atoms with Gasteiger partial charge < -0.3 is 15.4 Å². The first-order chi connectivity index (χ1) is 16.4. The molecule has 0 aliphatic carbocycles. The molecule has 0 saturated carbocycles. The monoisotopic (exact) mass is 477 g/mol. The van der Waals surface area contributed by atoms with E-state index in [2.05, 4.69) is 23.3 Å². The van der Waals surface area contributed by atoms with E-state index in [4.69, 9.17) is 4.74 Å². The van der Waals surface area contributed by atoms with Gasteiger partial charge in [-0.1, -0.05) is 60.8 Å². The average Bonchev–Trinajstić information content (AvgIpc) is 2.82. The van der Waals surface area contributed by atoms with E-state index in [1.54, 1.807) is 19.1 Å². The summed E-state index contributed by atoms with van der Waals surface area (Å²) in [7, 11) is 0. The highest BCUT2D eigenvalue weighted by atomic mass is 32.2. The van der Waals surface area contributed by atoms with Crippen molar-refractivity contribution in [1.29, 1.82) is 5.26 Å². The van der Waals surface area contributed by atoms with E-state index in [-0.39, 0.29) is 35.0 Å². The molecule has 1 heterocycles. The molecule has 3 rings (SSSR count). The van der Waals surface area contributed by atoms with Crippen LogP contribution in [0.15, 0.2) is 83.1 Å². The smallest absolute Gasteiger partial charge is 0.337 e. The Morgan fingerprint density at radius 2 is 1.94 bits per heavy atom. The van der Waals surface area contributed by atoms with Crippen molar-refractivity contribution in [3.05, 3.63) is 100 Å². The Morgan fingerprint density at radius 1 is 1.24 bits per heavy atom. The van der Waals surface area contributed by atoms with Crippen LogP contribution in [0.5, 0.6) is 0 Å². The maximum atomic E-state index is 14.8. The number of aryl methyl sites for hydroxylation is 1. The van der Waals surface area contributed by atoms with Crippen LogP contribution in [0.4, 0.5) is 10.1 Å². The van der Waals surface area contributed by atoms with Crippen LogP contribution in [0.2, 0.25) is 0 Å². The second-order valence-corrected chi connectivity index (χ2v) is 8.50. The number of rotatable bonds is 8. The molecule has 0 fully saturated rings. The third kappa shape index (κ3) is 5.56. The van der Waals surface area contributed by atoms with Crippen LogP contribution < -0.4 is 10.6 Å². The number of thioether (sulfide) groups is 1. The molecule has 0 bridgehead atoms. The van der Waals surface area contributed by atoms with Gasteiger partial charge in [-0.15, -0.1) is 0 Å². The lowest BCUT2D eigenvalue weighted by atomic mass is 9.82. The lowest BCUT2D eigenvalue weighted by Gasteiger charge is -2.29. The number of carbonyl (C=O) groups excluding carboxylic acids is 2. The van der Waals surface area contributed by atoms with E-state index < -0.39 is 17.7 Å². The topological polar surface area (TPSA) is 91.2 Å². The minimum absolute atomic E-state index is 0.00929. The Labute approximate surface area is 202 Å². The molecule has 1 amide bonds. The van der Waals surface area contributed by atoms with E-state index in [0.717, 1.165) is 17.3 Å². The first kappa shape index (κ1) is 24.8. The number of nitrogens with one attached hydrogen (secondary N) is 2. The van der Waals surface area contributed by atoms with Crippen molar-refractivity contribution in [3.8, 4) is 6.07 Å². The van der Waals surface area contributed by atoms with Gasteiger partial charge in [-0.05, 0) is 31.5 Å². The van der Waals surface area contributed by atoms with E-state index in [9.17, 15) is 19.2 Å². The van der Waals surface area contributed by atoms with Crippen LogP contribution in [-0.4, -0.2) is 24.2 Å². The zero-order chi connectivity index (χ0) is 24.7. The molecule has 0 spiro atoms. The third-order valence-electron chi connectivity index (χ3n) is 5.18. The van der Waals surface area contributed by atoms with Gasteiger partial charge in [-0.2, -0.15) is 5.26 Å². The first-order valence-electron chi connectivity index (χ1n) is 10.5. The molecule has 2 aromatic rings. The van der Waals surface area contributed by atoms with Gasteiger partial charge in [0.2, 0.25) is 5.91 Å². The minimum atomic E-state index is -0.980. The van der Waals surface area contributed by atoms with Crippen molar-refractivity contribution in [1.82, 2.24) is 5.32 Å². The highest BCUT2D eigenvalue weighted by molar-refractivity contribution is 8.03. The summed E-state index contributed by atoms with van der Waals surface area (Å²) in [5, 5.41) is 16.3. The summed E-state index contributed by atoms with van der Waals surface area (Å²) < 4.78 is 20.0. The molecule has 2 N–H and O–H groups in total. The normalized spacial score (nSPS) is 15.3. The molecule has 8 heteroatoms. The number of para-hydroxylation sites is 1. The number of dihydropyridines is 1. The molecule has 2 aromatic carbocycles. The van der Waals surface area contributed by atoms with Crippen LogP contribution in [0, 0.1) is 24.1 Å². The number of hydrogen-bond donors (Lipinski definition) is 2. The van der Waals surface area contributed by atoms with Crippen molar-refractivity contribution in [2.45, 2.75) is 19.8 Å². The van der Waals surface area contributed by atoms with Crippen molar-refractivity contribution < 1.29 is 18.7 Å². The molecule has 34 heavy (non-hydrogen) atoms. The number of esters is 1. The molecule has 0 unspecified atom stereocenters. The zero-order valence-corrected chi connectivity index (χ0v) is 19.7. The number of benzene rings is 2. The molecule has 174 valence electrons. The number of amides is 1. The Kier molecular flexibility index (Phi) is 8.28. The van der Waals surface area contributed by atoms with Gasteiger partial charge in [0.15, 0.2) is 0 Å². The zero-order valence-electron chi connectivity index (χ0n) is 18.9. The van der Waals surface area contributed by atoms with E-state index in [1.807, 2.05) is 25.1 Å². The molecule has 0 radical (unpaired) electrons. The molecule has 1 aliphatic rings. The first-order valence-corrected chi connectivity index (χ1v) is 11.5. The molecular weight excluding hydrogens is 453 g/mol. The number of nitrogens with zero attached hydrogens (tertiary/aromatic N) is 1. The summed E-state index contributed by atoms with van der Waals surface area (Å²) in [6, 6.07) is 15.5. The number of anilines is 1. The molecule has 0 saturated heterocycles. The third-order valence-corrected chi connectivity index (χ3v) is 6.20. The second-order valence-electron chi connectivity index (χ2n) is 7.51. The van der Waals surface area contributed by atoms with Crippen molar-refractivity contribution in [2.75, 3.05) is 17.7 Å². The Hall–Kier alpha value is -3.83. The molecular formula is C26H24FN3O3S. The quantitative estimate of drug-likeness (QED) is 0.414. The number of allylic oxidation sites excluding steroid dienone is 2. The molecule has 0 aromatic heterocycles. The summed E-state index contributed by atoms with van der Waals surface area (Å²) in [5.41, 5.74) is 2.49. The highest BCUT2D eigenvalue weighted by Gasteiger charge is 2.37. The van der Waals surface area contributed by atoms with Gasteiger partial charge in [0.25, 0.3) is 0 Å². The van der Waals surface area contributed by atoms with Crippen molar-refractivity contribution in [2.24, 2.45) is 0 Å². The summed E-state index contributed by atoms with van der Waals surface area (Å²) in [6.07, 6.45) is 1.43. The Balaban J connectivity index is 1.93. The number of carbonyl (C=O) groups is 2. The number of ether oxygens (including phenoxy) is 1. The fourth-order valence-electron chi connectivity index (χ4n) is 3.57. The lowest BCUT2D eigenvalue weighted by Crippen LogP contribution is -2.30. The Bertz CT molecular complexity index is 1230. The van der Waals surface area contributed by atoms with Crippen molar-refractivity contribution >= 4 is 29.3 Å². The number of halogens is 1. The van der Waals surface area contributed by atoms with Crippen LogP contribution >= 0.6 is 11.8 Å². The predicted molar refractivity (Wildman–Crippen MR) is 131 cm³/mol. The van der Waals surface area contributed by atoms with Crippen LogP contribution in [0.3, 0.4) is 0 Å². The minimum Gasteiger partial charge on any atom is -0.458 e. The maximum absolute atomic E-state index is 14.8. The lowest BCUT2D eigenvalue weighted by molar-refractivity contribution is -0.138. The fraction of sp³-hybridized carbons (Fsp3) is 0.192. The van der Waals surface area contributed by atoms with Crippen LogP contribution in [0.25, 0.3) is 0 Å². The largest absolute Gasteiger partial charge is 0.458 e. The highest BCUT2D eigenvalue weighted by Crippen LogP contribution is 2.41. The van der Waals surface area contributed by atoms with Gasteiger partial charge in [-0.3, -0.25) is 4.79 Å². The van der Waals surface area contributed by atoms with Crippen LogP contribution in [-0.2, 0) is 14.3 Å². The number of nitriles is 1. The Morgan fingerprint density at radius 3 is 2.62 bits per heavy atom. The summed E-state index contributed by atoms with van der Waals surface area (Å²) in [4.78, 5) is 25.4. The maximum Gasteiger partial charge on any atom is 0.337 e. The molecule has 1 aliphatic heterocycles. The SMILES string of the molecule is C=CCOC(=O)C1=C(C)NC(SCC(=O)Nc2ccccc2C)=C(C#N)[C@H]1c1ccccc1F. The van der Waals surface area contributed by atoms with Gasteiger partial charge >= 0.3 is 5.97 Å². The van der Waals surface area contributed by atoms with E-state index in [0.29, 0.717) is 16.4 Å². The summed E-state index contributed by atoms with van der Waals surface area (Å²) in [6.45, 7) is 7.06. The summed E-state index contributed by atoms with van der Waals surface area (Å²) >= 11 is 1.11. The molecule has 1 atom stereocenters. The van der Waals surface area contributed by atoms with Gasteiger partial charge in [0.05, 0.1) is 33.9 Å². The van der Waals surface area contributed by atoms with Gasteiger partial charge in [0.1, 0.15) is 12.4 Å². The second kappa shape index (κ2) is 11.3. The predicted octanol–water partition coefficient (Wildman–Crippen LogP) is 4.93.